The van der Waals surface area contributed by atoms with Gasteiger partial charge in [0.05, 0.1) is 6.21 Å². The van der Waals surface area contributed by atoms with E-state index in [-0.39, 0.29) is 5.78 Å². The Labute approximate surface area is 137 Å². The second-order valence-corrected chi connectivity index (χ2v) is 8.64. The molecular weight excluding hydrogens is 284 g/mol. The fraction of sp³-hybridized carbons (Fsp3) is 0.600. The van der Waals surface area contributed by atoms with Gasteiger partial charge in [-0.25, -0.2) is 0 Å². The second-order valence-electron chi connectivity index (χ2n) is 8.64. The number of ketones is 1. The van der Waals surface area contributed by atoms with E-state index in [2.05, 4.69) is 35.4 Å². The summed E-state index contributed by atoms with van der Waals surface area (Å²) < 4.78 is 0. The number of carbonyl (C=O) groups excluding carboxylic acids is 1. The number of hydrogen-bond acceptors (Lipinski definition) is 3. The van der Waals surface area contributed by atoms with E-state index in [1.54, 1.807) is 5.56 Å². The van der Waals surface area contributed by atoms with Crippen LogP contribution in [0.15, 0.2) is 35.4 Å². The van der Waals surface area contributed by atoms with Crippen molar-refractivity contribution in [2.75, 3.05) is 13.1 Å². The molecule has 2 atom stereocenters. The Bertz CT molecular complexity index is 651. The van der Waals surface area contributed by atoms with Gasteiger partial charge in [0.2, 0.25) is 0 Å². The highest BCUT2D eigenvalue weighted by Crippen LogP contribution is 2.65. The summed E-state index contributed by atoms with van der Waals surface area (Å²) in [5.41, 5.74) is 2.32. The number of hydrogen-bond donors (Lipinski definition) is 0. The molecule has 0 radical (unpaired) electrons. The molecule has 3 nitrogen and oxygen atoms in total. The molecule has 0 spiro atoms. The molecule has 4 bridgehead atoms. The van der Waals surface area contributed by atoms with Crippen molar-refractivity contribution >= 4 is 12.0 Å². The third kappa shape index (κ3) is 2.16. The van der Waals surface area contributed by atoms with Crippen molar-refractivity contribution < 1.29 is 4.79 Å². The quantitative estimate of drug-likeness (QED) is 0.857. The van der Waals surface area contributed by atoms with Crippen molar-refractivity contribution in [3.63, 3.8) is 0 Å². The van der Waals surface area contributed by atoms with Gasteiger partial charge in [0.1, 0.15) is 6.54 Å². The van der Waals surface area contributed by atoms with E-state index in [1.807, 2.05) is 5.01 Å². The lowest BCUT2D eigenvalue weighted by Gasteiger charge is -2.63. The van der Waals surface area contributed by atoms with E-state index in [0.717, 1.165) is 18.4 Å². The average molecular weight is 308 g/mol. The molecule has 120 valence electrons. The third-order valence-corrected chi connectivity index (χ3v) is 6.79. The molecule has 5 aliphatic rings. The SMILES string of the molecule is O=C1C=NN(CC23CC4CC(C2)CC(c2ccccc2)(C4)C3)C1. The largest absolute Gasteiger partial charge is 0.291 e. The van der Waals surface area contributed by atoms with Crippen molar-refractivity contribution in [3.8, 4) is 0 Å². The van der Waals surface area contributed by atoms with Crippen LogP contribution >= 0.6 is 0 Å². The molecule has 0 saturated heterocycles. The molecule has 0 N–H and O–H groups in total. The molecule has 4 aliphatic carbocycles. The molecule has 0 aromatic heterocycles. The van der Waals surface area contributed by atoms with Gasteiger partial charge in [0, 0.05) is 6.54 Å². The molecule has 2 unspecified atom stereocenters. The molecule has 1 heterocycles. The summed E-state index contributed by atoms with van der Waals surface area (Å²) in [5.74, 6) is 1.91. The molecule has 1 aromatic carbocycles. The van der Waals surface area contributed by atoms with Crippen LogP contribution in [0.1, 0.15) is 44.1 Å². The lowest BCUT2D eigenvalue weighted by Crippen LogP contribution is -2.56. The van der Waals surface area contributed by atoms with Crippen molar-refractivity contribution in [1.82, 2.24) is 5.01 Å². The van der Waals surface area contributed by atoms with E-state index in [9.17, 15) is 4.79 Å². The fourth-order valence-electron chi connectivity index (χ4n) is 6.66. The van der Waals surface area contributed by atoms with Crippen LogP contribution in [0.2, 0.25) is 0 Å². The van der Waals surface area contributed by atoms with Gasteiger partial charge in [-0.3, -0.25) is 9.80 Å². The lowest BCUT2D eigenvalue weighted by molar-refractivity contribution is -0.114. The van der Waals surface area contributed by atoms with Crippen LogP contribution in [0.4, 0.5) is 0 Å². The van der Waals surface area contributed by atoms with Crippen molar-refractivity contribution in [2.24, 2.45) is 22.4 Å². The molecular formula is C20H24N2O. The Morgan fingerprint density at radius 1 is 1.09 bits per heavy atom. The lowest BCUT2D eigenvalue weighted by atomic mass is 9.43. The number of Topliss-reactive ketones (excluding diaryl/α,β-unsaturated/α-hetero) is 1. The van der Waals surface area contributed by atoms with Crippen LogP contribution in [0, 0.1) is 17.3 Å². The summed E-state index contributed by atoms with van der Waals surface area (Å²) in [7, 11) is 0. The van der Waals surface area contributed by atoms with Crippen molar-refractivity contribution in [1.29, 1.82) is 0 Å². The fourth-order valence-corrected chi connectivity index (χ4v) is 6.66. The van der Waals surface area contributed by atoms with E-state index in [0.29, 0.717) is 17.4 Å². The Morgan fingerprint density at radius 3 is 2.48 bits per heavy atom. The Hall–Kier alpha value is -1.64. The smallest absolute Gasteiger partial charge is 0.196 e. The van der Waals surface area contributed by atoms with Gasteiger partial charge in [-0.15, -0.1) is 0 Å². The molecule has 0 amide bonds. The highest BCUT2D eigenvalue weighted by molar-refractivity contribution is 6.29. The van der Waals surface area contributed by atoms with Crippen LogP contribution < -0.4 is 0 Å². The van der Waals surface area contributed by atoms with Crippen LogP contribution in [0.5, 0.6) is 0 Å². The van der Waals surface area contributed by atoms with E-state index >= 15 is 0 Å². The Morgan fingerprint density at radius 2 is 1.83 bits per heavy atom. The first-order valence-corrected chi connectivity index (χ1v) is 9.02. The number of nitrogens with zero attached hydrogens (tertiary/aromatic N) is 2. The molecule has 3 heteroatoms. The number of rotatable bonds is 3. The molecule has 6 rings (SSSR count). The maximum absolute atomic E-state index is 11.5. The zero-order valence-corrected chi connectivity index (χ0v) is 13.6. The zero-order chi connectivity index (χ0) is 15.5. The molecule has 4 fully saturated rings. The highest BCUT2D eigenvalue weighted by Gasteiger charge is 2.58. The maximum atomic E-state index is 11.5. The van der Waals surface area contributed by atoms with Gasteiger partial charge >= 0.3 is 0 Å². The summed E-state index contributed by atoms with van der Waals surface area (Å²) >= 11 is 0. The number of benzene rings is 1. The Balaban J connectivity index is 1.48. The monoisotopic (exact) mass is 308 g/mol. The summed E-state index contributed by atoms with van der Waals surface area (Å²) in [6.45, 7) is 1.48. The van der Waals surface area contributed by atoms with Gasteiger partial charge in [-0.1, -0.05) is 30.3 Å². The predicted octanol–water partition coefficient (Wildman–Crippen LogP) is 3.40. The van der Waals surface area contributed by atoms with Gasteiger partial charge in [0.15, 0.2) is 5.78 Å². The third-order valence-electron chi connectivity index (χ3n) is 6.79. The van der Waals surface area contributed by atoms with Crippen LogP contribution in [0.3, 0.4) is 0 Å². The average Bonchev–Trinajstić information content (AvgIpc) is 2.91. The highest BCUT2D eigenvalue weighted by atomic mass is 16.1. The topological polar surface area (TPSA) is 32.7 Å². The standard InChI is InChI=1S/C20H24N2O/c23-18-11-21-22(12-18)14-19-7-15-6-16(8-19)10-20(9-15,13-19)17-4-2-1-3-5-17/h1-5,11,15-16H,6-10,12-14H2. The van der Waals surface area contributed by atoms with Crippen molar-refractivity contribution in [3.05, 3.63) is 35.9 Å². The minimum Gasteiger partial charge on any atom is -0.291 e. The van der Waals surface area contributed by atoms with Gasteiger partial charge in [-0.2, -0.15) is 5.10 Å². The molecule has 23 heavy (non-hydrogen) atoms. The summed E-state index contributed by atoms with van der Waals surface area (Å²) in [5, 5.41) is 6.38. The second kappa shape index (κ2) is 4.68. The van der Waals surface area contributed by atoms with Gasteiger partial charge < -0.3 is 0 Å². The first-order chi connectivity index (χ1) is 11.1. The van der Waals surface area contributed by atoms with Gasteiger partial charge in [-0.05, 0) is 66.8 Å². The zero-order valence-electron chi connectivity index (χ0n) is 13.6. The van der Waals surface area contributed by atoms with E-state index in [1.165, 1.54) is 44.7 Å². The van der Waals surface area contributed by atoms with Crippen LogP contribution in [-0.2, 0) is 10.2 Å². The molecule has 1 aliphatic heterocycles. The van der Waals surface area contributed by atoms with Crippen LogP contribution in [0.25, 0.3) is 0 Å². The summed E-state index contributed by atoms with van der Waals surface area (Å²) in [6.07, 6.45) is 9.66. The van der Waals surface area contributed by atoms with Gasteiger partial charge in [0.25, 0.3) is 0 Å². The minimum atomic E-state index is 0.160. The first-order valence-electron chi connectivity index (χ1n) is 9.02. The Kier molecular flexibility index (Phi) is 2.80. The van der Waals surface area contributed by atoms with E-state index in [4.69, 9.17) is 0 Å². The van der Waals surface area contributed by atoms with Crippen molar-refractivity contribution in [2.45, 2.75) is 43.9 Å². The molecule has 1 aromatic rings. The van der Waals surface area contributed by atoms with E-state index < -0.39 is 0 Å². The summed E-state index contributed by atoms with van der Waals surface area (Å²) in [4.78, 5) is 11.5. The number of carbonyl (C=O) groups is 1. The predicted molar refractivity (Wildman–Crippen MR) is 90.3 cm³/mol. The van der Waals surface area contributed by atoms with Crippen LogP contribution in [-0.4, -0.2) is 30.1 Å². The normalized spacial score (nSPS) is 41.0. The molecule has 4 saturated carbocycles. The first kappa shape index (κ1) is 13.8. The summed E-state index contributed by atoms with van der Waals surface area (Å²) in [6, 6.07) is 11.2. The minimum absolute atomic E-state index is 0.160. The maximum Gasteiger partial charge on any atom is 0.196 e. The number of hydrazone groups is 1.